The number of ether oxygens (including phenoxy) is 2. The monoisotopic (exact) mass is 495 g/mol. The predicted molar refractivity (Wildman–Crippen MR) is 125 cm³/mol. The number of ketones is 1. The van der Waals surface area contributed by atoms with Crippen LogP contribution in [0, 0.1) is 0 Å². The van der Waals surface area contributed by atoms with Crippen molar-refractivity contribution in [3.63, 3.8) is 0 Å². The van der Waals surface area contributed by atoms with Gasteiger partial charge in [-0.15, -0.1) is 0 Å². The molecular weight excluding hydrogens is 462 g/mol. The highest BCUT2D eigenvalue weighted by Crippen LogP contribution is 2.11. The lowest BCUT2D eigenvalue weighted by Crippen LogP contribution is -2.62. The van der Waals surface area contributed by atoms with E-state index in [9.17, 15) is 24.0 Å². The molecule has 1 aromatic carbocycles. The zero-order valence-corrected chi connectivity index (χ0v) is 20.0. The Balaban J connectivity index is 2.76. The summed E-state index contributed by atoms with van der Waals surface area (Å²) in [6.45, 7) is 2.28. The summed E-state index contributed by atoms with van der Waals surface area (Å²) in [6, 6.07) is 3.70. The van der Waals surface area contributed by atoms with Gasteiger partial charge in [0, 0.05) is 12.8 Å². The summed E-state index contributed by atoms with van der Waals surface area (Å²) < 4.78 is 9.88. The second-order valence-electron chi connectivity index (χ2n) is 7.94. The Kier molecular flexibility index (Phi) is 12.0. The Hall–Kier alpha value is -3.39. The Morgan fingerprint density at radius 3 is 2.23 bits per heavy atom. The minimum absolute atomic E-state index is 0.133. The van der Waals surface area contributed by atoms with E-state index in [0.717, 1.165) is 0 Å². The smallest absolute Gasteiger partial charge is 0.248 e. The largest absolute Gasteiger partial charge is 0.392 e. The maximum Gasteiger partial charge on any atom is 0.248 e. The lowest BCUT2D eigenvalue weighted by atomic mass is 9.96. The number of anilines is 1. The molecule has 0 fully saturated rings. The number of aliphatic hydroxyl groups excluding tert-OH is 1. The highest BCUT2D eigenvalue weighted by molar-refractivity contribution is 6.11. The number of amides is 4. The number of carbonyl (C=O) groups is 5. The number of rotatable bonds is 15. The van der Waals surface area contributed by atoms with Gasteiger partial charge in [0.05, 0.1) is 26.2 Å². The molecule has 13 heteroatoms. The van der Waals surface area contributed by atoms with Crippen molar-refractivity contribution >= 4 is 35.1 Å². The molecule has 1 aromatic rings. The molecule has 13 nitrogen and oxygen atoms in total. The van der Waals surface area contributed by atoms with Crippen molar-refractivity contribution in [3.05, 3.63) is 29.8 Å². The van der Waals surface area contributed by atoms with Crippen LogP contribution in [0.15, 0.2) is 24.3 Å². The zero-order chi connectivity index (χ0) is 26.6. The minimum Gasteiger partial charge on any atom is -0.392 e. The van der Waals surface area contributed by atoms with Crippen molar-refractivity contribution in [1.29, 1.82) is 0 Å². The first-order valence-corrected chi connectivity index (χ1v) is 10.7. The summed E-state index contributed by atoms with van der Waals surface area (Å²) in [5.41, 5.74) is 10.1. The van der Waals surface area contributed by atoms with Crippen LogP contribution in [0.1, 0.15) is 25.8 Å². The molecule has 4 amide bonds. The summed E-state index contributed by atoms with van der Waals surface area (Å²) in [6.07, 6.45) is -0.501. The fraction of sp³-hybridized carbons (Fsp3) is 0.500. The van der Waals surface area contributed by atoms with E-state index >= 15 is 0 Å². The number of hydrogen-bond donors (Lipinski definition) is 6. The van der Waals surface area contributed by atoms with E-state index in [0.29, 0.717) is 11.3 Å². The molecule has 35 heavy (non-hydrogen) atoms. The van der Waals surface area contributed by atoms with Gasteiger partial charge in [0.15, 0.2) is 11.3 Å². The van der Waals surface area contributed by atoms with Crippen molar-refractivity contribution < 1.29 is 38.6 Å². The predicted octanol–water partition coefficient (Wildman–Crippen LogP) is -2.07. The second-order valence-corrected chi connectivity index (χ2v) is 7.94. The van der Waals surface area contributed by atoms with Crippen LogP contribution in [0.25, 0.3) is 0 Å². The van der Waals surface area contributed by atoms with Gasteiger partial charge in [0.2, 0.25) is 23.6 Å². The summed E-state index contributed by atoms with van der Waals surface area (Å²) in [4.78, 5) is 61.4. The van der Waals surface area contributed by atoms with Crippen molar-refractivity contribution in [2.75, 3.05) is 32.2 Å². The van der Waals surface area contributed by atoms with Crippen LogP contribution in [0.4, 0.5) is 5.69 Å². The third kappa shape index (κ3) is 9.78. The average Bonchev–Trinajstić information content (AvgIpc) is 2.81. The molecule has 0 aliphatic carbocycles. The number of benzene rings is 1. The van der Waals surface area contributed by atoms with Gasteiger partial charge >= 0.3 is 0 Å². The first-order chi connectivity index (χ1) is 16.4. The Bertz CT molecular complexity index is 904. The maximum atomic E-state index is 12.6. The summed E-state index contributed by atoms with van der Waals surface area (Å²) in [5, 5.41) is 16.3. The third-order valence-electron chi connectivity index (χ3n) is 4.90. The van der Waals surface area contributed by atoms with Gasteiger partial charge in [-0.1, -0.05) is 12.1 Å². The maximum absolute atomic E-state index is 12.6. The molecular formula is C22H33N5O8. The Labute approximate surface area is 202 Å². The van der Waals surface area contributed by atoms with E-state index in [1.54, 1.807) is 12.1 Å². The molecule has 0 saturated carbocycles. The van der Waals surface area contributed by atoms with Crippen LogP contribution >= 0.6 is 0 Å². The standard InChI is InChI=1S/C22H33N5O8/c1-13(25-21(33)22(2,24)17(29)12-35-9-8-34-3)19(31)27-16(10-18(23)30)20(32)26-15-6-4-14(11-28)5-7-15/h4-7,13,16,28H,8-12,24H2,1-3H3,(H2,23,30)(H,25,33)(H,26,32)(H,27,31)/t13-,16-,22+/m0/s1. The van der Waals surface area contributed by atoms with Crippen LogP contribution in [0.2, 0.25) is 0 Å². The van der Waals surface area contributed by atoms with E-state index in [4.69, 9.17) is 26.0 Å². The Morgan fingerprint density at radius 2 is 1.69 bits per heavy atom. The van der Waals surface area contributed by atoms with Crippen LogP contribution in [0.5, 0.6) is 0 Å². The van der Waals surface area contributed by atoms with Crippen molar-refractivity contribution in [3.8, 4) is 0 Å². The first kappa shape index (κ1) is 29.6. The molecule has 1 rings (SSSR count). The van der Waals surface area contributed by atoms with Crippen molar-refractivity contribution in [1.82, 2.24) is 10.6 Å². The van der Waals surface area contributed by atoms with Crippen molar-refractivity contribution in [2.45, 2.75) is 44.5 Å². The highest BCUT2D eigenvalue weighted by atomic mass is 16.5. The van der Waals surface area contributed by atoms with E-state index in [1.807, 2.05) is 0 Å². The van der Waals surface area contributed by atoms with Crippen molar-refractivity contribution in [2.24, 2.45) is 11.5 Å². The number of hydrogen-bond acceptors (Lipinski definition) is 9. The SMILES string of the molecule is COCCOCC(=O)[C@@](C)(N)C(=O)N[C@@H](C)C(=O)N[C@@H](CC(N)=O)C(=O)Nc1ccc(CO)cc1. The van der Waals surface area contributed by atoms with Gasteiger partial charge in [-0.05, 0) is 31.5 Å². The zero-order valence-electron chi connectivity index (χ0n) is 20.0. The fourth-order valence-corrected chi connectivity index (χ4v) is 2.63. The summed E-state index contributed by atoms with van der Waals surface area (Å²) >= 11 is 0. The van der Waals surface area contributed by atoms with E-state index in [-0.39, 0.29) is 19.8 Å². The normalized spacial score (nSPS) is 14.2. The van der Waals surface area contributed by atoms with Gasteiger partial charge in [0.1, 0.15) is 18.7 Å². The lowest BCUT2D eigenvalue weighted by molar-refractivity contribution is -0.140. The molecule has 0 unspecified atom stereocenters. The molecule has 0 aromatic heterocycles. The molecule has 0 radical (unpaired) electrons. The van der Waals surface area contributed by atoms with E-state index in [1.165, 1.54) is 33.1 Å². The first-order valence-electron chi connectivity index (χ1n) is 10.7. The fourth-order valence-electron chi connectivity index (χ4n) is 2.63. The van der Waals surface area contributed by atoms with Gasteiger partial charge in [-0.2, -0.15) is 0 Å². The molecule has 0 saturated heterocycles. The van der Waals surface area contributed by atoms with Gasteiger partial charge in [-0.3, -0.25) is 24.0 Å². The molecule has 0 spiro atoms. The quantitative estimate of drug-likeness (QED) is 0.116. The third-order valence-corrected chi connectivity index (χ3v) is 4.90. The highest BCUT2D eigenvalue weighted by Gasteiger charge is 2.38. The van der Waals surface area contributed by atoms with Crippen LogP contribution in [-0.4, -0.2) is 79.1 Å². The topological polar surface area (TPSA) is 212 Å². The van der Waals surface area contributed by atoms with Gasteiger partial charge in [-0.25, -0.2) is 0 Å². The number of nitrogens with two attached hydrogens (primary N) is 2. The summed E-state index contributed by atoms with van der Waals surface area (Å²) in [5.74, 6) is -4.02. The number of nitrogens with one attached hydrogen (secondary N) is 3. The van der Waals surface area contributed by atoms with Crippen LogP contribution in [0.3, 0.4) is 0 Å². The Morgan fingerprint density at radius 1 is 1.06 bits per heavy atom. The molecule has 0 heterocycles. The van der Waals surface area contributed by atoms with Gasteiger partial charge < -0.3 is 42.0 Å². The molecule has 3 atom stereocenters. The van der Waals surface area contributed by atoms with E-state index < -0.39 is 60.1 Å². The number of aliphatic hydroxyl groups is 1. The number of Topliss-reactive ketones (excluding diaryl/α,β-unsaturated/α-hetero) is 1. The molecule has 8 N–H and O–H groups in total. The number of carbonyl (C=O) groups excluding carboxylic acids is 5. The molecule has 0 aliphatic rings. The summed E-state index contributed by atoms with van der Waals surface area (Å²) in [7, 11) is 1.46. The minimum atomic E-state index is -1.98. The lowest BCUT2D eigenvalue weighted by Gasteiger charge is -2.25. The van der Waals surface area contributed by atoms with E-state index in [2.05, 4.69) is 16.0 Å². The average molecular weight is 496 g/mol. The second kappa shape index (κ2) is 14.1. The molecule has 0 aliphatic heterocycles. The van der Waals surface area contributed by atoms with Gasteiger partial charge in [0.25, 0.3) is 0 Å². The van der Waals surface area contributed by atoms with Crippen LogP contribution in [-0.2, 0) is 40.1 Å². The molecule has 0 bridgehead atoms. The van der Waals surface area contributed by atoms with Crippen LogP contribution < -0.4 is 27.4 Å². The molecule has 194 valence electrons. The number of primary amides is 1. The number of methoxy groups -OCH3 is 1.